The standard InChI is InChI=1S/C17H18ClNO4S/c18-15-12-3-1-2-4-13(12)24-16(15)17(22)19(8-5-14(20)21)11-6-9-23-10-7-11/h1-4,11H,5-10H2,(H,20,21). The molecule has 7 heteroatoms. The van der Waals surface area contributed by atoms with Crippen LogP contribution in [0.25, 0.3) is 10.1 Å². The summed E-state index contributed by atoms with van der Waals surface area (Å²) in [6.45, 7) is 1.35. The molecule has 24 heavy (non-hydrogen) atoms. The van der Waals surface area contributed by atoms with E-state index in [0.717, 1.165) is 10.1 Å². The van der Waals surface area contributed by atoms with Gasteiger partial charge in [-0.15, -0.1) is 11.3 Å². The lowest BCUT2D eigenvalue weighted by Crippen LogP contribution is -2.44. The first kappa shape index (κ1) is 17.2. The number of hydrogen-bond acceptors (Lipinski definition) is 4. The lowest BCUT2D eigenvalue weighted by atomic mass is 10.1. The highest BCUT2D eigenvalue weighted by Gasteiger charge is 2.29. The minimum absolute atomic E-state index is 0.00752. The van der Waals surface area contributed by atoms with Crippen molar-refractivity contribution in [1.82, 2.24) is 4.90 Å². The highest BCUT2D eigenvalue weighted by molar-refractivity contribution is 7.21. The summed E-state index contributed by atoms with van der Waals surface area (Å²) in [7, 11) is 0. The molecule has 0 aliphatic carbocycles. The van der Waals surface area contributed by atoms with Crippen LogP contribution in [0.5, 0.6) is 0 Å². The van der Waals surface area contributed by atoms with Crippen LogP contribution in [0.2, 0.25) is 5.02 Å². The quantitative estimate of drug-likeness (QED) is 0.875. The first-order valence-electron chi connectivity index (χ1n) is 7.85. The van der Waals surface area contributed by atoms with E-state index >= 15 is 0 Å². The summed E-state index contributed by atoms with van der Waals surface area (Å²) < 4.78 is 6.31. The zero-order valence-electron chi connectivity index (χ0n) is 13.0. The summed E-state index contributed by atoms with van der Waals surface area (Å²) in [6, 6.07) is 7.60. The van der Waals surface area contributed by atoms with Gasteiger partial charge in [0, 0.05) is 35.9 Å². The van der Waals surface area contributed by atoms with Gasteiger partial charge in [-0.25, -0.2) is 0 Å². The van der Waals surface area contributed by atoms with Crippen molar-refractivity contribution in [3.8, 4) is 0 Å². The SMILES string of the molecule is O=C(O)CCN(C(=O)c1sc2ccccc2c1Cl)C1CCOCC1. The smallest absolute Gasteiger partial charge is 0.305 e. The van der Waals surface area contributed by atoms with E-state index < -0.39 is 5.97 Å². The Morgan fingerprint density at radius 1 is 1.29 bits per heavy atom. The summed E-state index contributed by atoms with van der Waals surface area (Å²) in [5.41, 5.74) is 0. The highest BCUT2D eigenvalue weighted by atomic mass is 35.5. The van der Waals surface area contributed by atoms with Crippen molar-refractivity contribution in [2.75, 3.05) is 19.8 Å². The Bertz CT molecular complexity index is 754. The van der Waals surface area contributed by atoms with Crippen molar-refractivity contribution in [2.24, 2.45) is 0 Å². The third-order valence-electron chi connectivity index (χ3n) is 4.19. The van der Waals surface area contributed by atoms with Gasteiger partial charge in [0.25, 0.3) is 5.91 Å². The van der Waals surface area contributed by atoms with E-state index in [4.69, 9.17) is 21.4 Å². The second-order valence-electron chi connectivity index (χ2n) is 5.73. The van der Waals surface area contributed by atoms with Crippen LogP contribution in [0.15, 0.2) is 24.3 Å². The average molecular weight is 368 g/mol. The van der Waals surface area contributed by atoms with E-state index in [-0.39, 0.29) is 24.9 Å². The number of halogens is 1. The van der Waals surface area contributed by atoms with Crippen LogP contribution in [-0.4, -0.2) is 47.7 Å². The molecule has 0 unspecified atom stereocenters. The fraction of sp³-hybridized carbons (Fsp3) is 0.412. The molecule has 0 radical (unpaired) electrons. The molecule has 1 aromatic heterocycles. The molecule has 2 aromatic rings. The van der Waals surface area contributed by atoms with E-state index in [2.05, 4.69) is 0 Å². The molecule has 2 heterocycles. The summed E-state index contributed by atoms with van der Waals surface area (Å²) in [5.74, 6) is -1.10. The van der Waals surface area contributed by atoms with Crippen molar-refractivity contribution in [2.45, 2.75) is 25.3 Å². The van der Waals surface area contributed by atoms with Crippen molar-refractivity contribution < 1.29 is 19.4 Å². The maximum atomic E-state index is 13.1. The molecule has 0 saturated carbocycles. The van der Waals surface area contributed by atoms with Crippen molar-refractivity contribution in [3.05, 3.63) is 34.2 Å². The van der Waals surface area contributed by atoms with E-state index in [1.165, 1.54) is 11.3 Å². The number of carboxylic acid groups (broad SMARTS) is 1. The molecule has 3 rings (SSSR count). The summed E-state index contributed by atoms with van der Waals surface area (Å²) >= 11 is 7.78. The minimum Gasteiger partial charge on any atom is -0.481 e. The van der Waals surface area contributed by atoms with Crippen molar-refractivity contribution >= 4 is 44.9 Å². The number of aliphatic carboxylic acids is 1. The number of nitrogens with zero attached hydrogens (tertiary/aromatic N) is 1. The largest absolute Gasteiger partial charge is 0.481 e. The number of ether oxygens (including phenoxy) is 1. The lowest BCUT2D eigenvalue weighted by molar-refractivity contribution is -0.137. The maximum absolute atomic E-state index is 13.1. The Kier molecular flexibility index (Phi) is 5.38. The third kappa shape index (κ3) is 3.55. The molecule has 5 nitrogen and oxygen atoms in total. The van der Waals surface area contributed by atoms with Gasteiger partial charge in [0.1, 0.15) is 4.88 Å². The number of carbonyl (C=O) groups is 2. The van der Waals surface area contributed by atoms with Gasteiger partial charge in [-0.05, 0) is 18.9 Å². The van der Waals surface area contributed by atoms with Gasteiger partial charge in [0.15, 0.2) is 0 Å². The number of hydrogen-bond donors (Lipinski definition) is 1. The molecular weight excluding hydrogens is 350 g/mol. The molecule has 1 fully saturated rings. The molecule has 1 aliphatic heterocycles. The zero-order valence-corrected chi connectivity index (χ0v) is 14.6. The summed E-state index contributed by atoms with van der Waals surface area (Å²) in [4.78, 5) is 26.2. The van der Waals surface area contributed by atoms with Crippen LogP contribution < -0.4 is 0 Å². The van der Waals surface area contributed by atoms with Gasteiger partial charge in [0.2, 0.25) is 0 Å². The lowest BCUT2D eigenvalue weighted by Gasteiger charge is -2.34. The number of thiophene rings is 1. The van der Waals surface area contributed by atoms with Gasteiger partial charge in [-0.2, -0.15) is 0 Å². The van der Waals surface area contributed by atoms with Crippen LogP contribution in [0.4, 0.5) is 0 Å². The van der Waals surface area contributed by atoms with Gasteiger partial charge in [0.05, 0.1) is 11.4 Å². The highest BCUT2D eigenvalue weighted by Crippen LogP contribution is 2.36. The summed E-state index contributed by atoms with van der Waals surface area (Å²) in [6.07, 6.45) is 1.35. The number of carbonyl (C=O) groups excluding carboxylic acids is 1. The van der Waals surface area contributed by atoms with Crippen LogP contribution in [-0.2, 0) is 9.53 Å². The molecule has 1 N–H and O–H groups in total. The van der Waals surface area contributed by atoms with Gasteiger partial charge in [-0.1, -0.05) is 29.8 Å². The Morgan fingerprint density at radius 3 is 2.67 bits per heavy atom. The number of fused-ring (bicyclic) bond motifs is 1. The Labute approximate surface area is 148 Å². The van der Waals surface area contributed by atoms with Crippen LogP contribution in [0.1, 0.15) is 28.9 Å². The maximum Gasteiger partial charge on any atom is 0.305 e. The van der Waals surface area contributed by atoms with Crippen LogP contribution in [0.3, 0.4) is 0 Å². The van der Waals surface area contributed by atoms with E-state index in [1.807, 2.05) is 24.3 Å². The Balaban J connectivity index is 1.90. The molecule has 0 bridgehead atoms. The fourth-order valence-electron chi connectivity index (χ4n) is 2.94. The van der Waals surface area contributed by atoms with Gasteiger partial charge >= 0.3 is 5.97 Å². The predicted molar refractivity (Wildman–Crippen MR) is 94.0 cm³/mol. The normalized spacial score (nSPS) is 15.5. The minimum atomic E-state index is -0.915. The van der Waals surface area contributed by atoms with Crippen LogP contribution in [0, 0.1) is 0 Å². The Hall–Kier alpha value is -1.63. The molecule has 1 aromatic carbocycles. The van der Waals surface area contributed by atoms with Gasteiger partial charge in [-0.3, -0.25) is 9.59 Å². The third-order valence-corrected chi connectivity index (χ3v) is 5.85. The topological polar surface area (TPSA) is 66.8 Å². The monoisotopic (exact) mass is 367 g/mol. The predicted octanol–water partition coefficient (Wildman–Crippen LogP) is 3.65. The molecule has 1 amide bonds. The van der Waals surface area contributed by atoms with E-state index in [9.17, 15) is 9.59 Å². The number of carboxylic acids is 1. The van der Waals surface area contributed by atoms with E-state index in [1.54, 1.807) is 4.90 Å². The first-order valence-corrected chi connectivity index (χ1v) is 9.05. The Morgan fingerprint density at radius 2 is 2.00 bits per heavy atom. The molecule has 0 atom stereocenters. The van der Waals surface area contributed by atoms with E-state index in [0.29, 0.717) is 36.0 Å². The van der Waals surface area contributed by atoms with Crippen molar-refractivity contribution in [1.29, 1.82) is 0 Å². The number of benzene rings is 1. The second-order valence-corrected chi connectivity index (χ2v) is 7.16. The molecule has 0 spiro atoms. The zero-order chi connectivity index (χ0) is 17.1. The molecule has 1 saturated heterocycles. The number of rotatable bonds is 5. The summed E-state index contributed by atoms with van der Waals surface area (Å²) in [5, 5.41) is 10.3. The van der Waals surface area contributed by atoms with Gasteiger partial charge < -0.3 is 14.7 Å². The number of amides is 1. The fourth-order valence-corrected chi connectivity index (χ4v) is 4.41. The first-order chi connectivity index (χ1) is 11.6. The average Bonchev–Trinajstić information content (AvgIpc) is 2.93. The molecular formula is C17H18ClNO4S. The second kappa shape index (κ2) is 7.51. The van der Waals surface area contributed by atoms with Crippen molar-refractivity contribution in [3.63, 3.8) is 0 Å². The molecule has 1 aliphatic rings. The molecule has 128 valence electrons. The van der Waals surface area contributed by atoms with Crippen LogP contribution >= 0.6 is 22.9 Å².